The molecule has 0 aliphatic heterocycles. The van der Waals surface area contributed by atoms with Crippen molar-refractivity contribution in [1.82, 2.24) is 14.6 Å². The number of hydrogen-bond acceptors (Lipinski definition) is 4. The number of hydrogen-bond donors (Lipinski definition) is 1. The summed E-state index contributed by atoms with van der Waals surface area (Å²) in [5, 5.41) is 12.3. The van der Waals surface area contributed by atoms with Crippen LogP contribution >= 0.6 is 11.3 Å². The maximum atomic E-state index is 10.2. The molecule has 3 aromatic rings. The first-order chi connectivity index (χ1) is 8.27. The number of rotatable bonds is 1. The largest absolute Gasteiger partial charge is 0.478 e. The van der Waals surface area contributed by atoms with Gasteiger partial charge in [0, 0.05) is 6.20 Å². The molecule has 17 heavy (non-hydrogen) atoms. The van der Waals surface area contributed by atoms with Crippen LogP contribution in [0.2, 0.25) is 0 Å². The zero-order chi connectivity index (χ0) is 12.1. The number of aromatic nitrogens is 3. The summed E-state index contributed by atoms with van der Waals surface area (Å²) in [5.74, 6) is -0.879. The van der Waals surface area contributed by atoms with Crippen LogP contribution in [-0.2, 0) is 0 Å². The van der Waals surface area contributed by atoms with Gasteiger partial charge in [-0.3, -0.25) is 0 Å². The smallest absolute Gasteiger partial charge is 0.335 e. The topological polar surface area (TPSA) is 67.5 Å². The van der Waals surface area contributed by atoms with E-state index in [1.54, 1.807) is 46.6 Å². The van der Waals surface area contributed by atoms with Crippen LogP contribution in [0.5, 0.6) is 0 Å². The van der Waals surface area contributed by atoms with E-state index in [4.69, 9.17) is 5.11 Å². The maximum absolute atomic E-state index is 10.2. The number of fused-ring (bicyclic) bond motifs is 1. The van der Waals surface area contributed by atoms with E-state index in [-0.39, 0.29) is 0 Å². The van der Waals surface area contributed by atoms with Gasteiger partial charge >= 0.3 is 5.97 Å². The maximum Gasteiger partial charge on any atom is 0.335 e. The Hall–Kier alpha value is -2.21. The predicted molar refractivity (Wildman–Crippen MR) is 64.3 cm³/mol. The van der Waals surface area contributed by atoms with Crippen LogP contribution in [0.15, 0.2) is 48.2 Å². The highest BCUT2D eigenvalue weighted by atomic mass is 32.1. The molecule has 6 heteroatoms. The molecule has 1 N–H and O–H groups in total. The van der Waals surface area contributed by atoms with Crippen molar-refractivity contribution in [1.29, 1.82) is 0 Å². The highest BCUT2D eigenvalue weighted by Gasteiger charge is 1.96. The van der Waals surface area contributed by atoms with Crippen molar-refractivity contribution >= 4 is 22.3 Å². The van der Waals surface area contributed by atoms with E-state index in [2.05, 4.69) is 10.1 Å². The lowest BCUT2D eigenvalue weighted by Crippen LogP contribution is -1.93. The zero-order valence-electron chi connectivity index (χ0n) is 8.72. The van der Waals surface area contributed by atoms with E-state index >= 15 is 0 Å². The third-order valence-corrected chi connectivity index (χ3v) is 2.64. The quantitative estimate of drug-likeness (QED) is 0.715. The number of carboxylic acid groups (broad SMARTS) is 1. The minimum atomic E-state index is -0.879. The van der Waals surface area contributed by atoms with Gasteiger partial charge in [-0.2, -0.15) is 5.10 Å². The lowest BCUT2D eigenvalue weighted by Gasteiger charge is -1.88. The molecular formula is C11H9N3O2S. The van der Waals surface area contributed by atoms with Gasteiger partial charge in [-0.25, -0.2) is 14.3 Å². The van der Waals surface area contributed by atoms with Gasteiger partial charge in [0.05, 0.1) is 11.8 Å². The van der Waals surface area contributed by atoms with E-state index in [9.17, 15) is 4.79 Å². The van der Waals surface area contributed by atoms with Crippen molar-refractivity contribution in [2.24, 2.45) is 0 Å². The fraction of sp³-hybridized carbons (Fsp3) is 0. The number of nitrogens with zero attached hydrogens (tertiary/aromatic N) is 3. The Labute approximate surface area is 101 Å². The van der Waals surface area contributed by atoms with Crippen LogP contribution in [0.25, 0.3) is 4.96 Å². The van der Waals surface area contributed by atoms with Gasteiger partial charge in [-0.1, -0.05) is 29.5 Å². The predicted octanol–water partition coefficient (Wildman–Crippen LogP) is 2.18. The summed E-state index contributed by atoms with van der Waals surface area (Å²) >= 11 is 1.53. The molecule has 3 rings (SSSR count). The second kappa shape index (κ2) is 5.22. The number of aromatic carboxylic acids is 1. The minimum Gasteiger partial charge on any atom is -0.478 e. The fourth-order valence-electron chi connectivity index (χ4n) is 1.16. The standard InChI is InChI=1S/C7H6O2.C4H3N3S/c8-7(9)6-4-2-1-3-5-6;1-2-7-4(5-1)8-3-6-7/h1-5H,(H,8,9);1-3H. The highest BCUT2D eigenvalue weighted by molar-refractivity contribution is 7.14. The van der Waals surface area contributed by atoms with Crippen LogP contribution in [0, 0.1) is 0 Å². The minimum absolute atomic E-state index is 0.331. The van der Waals surface area contributed by atoms with E-state index in [1.165, 1.54) is 11.3 Å². The molecule has 5 nitrogen and oxygen atoms in total. The van der Waals surface area contributed by atoms with Crippen molar-refractivity contribution in [3.8, 4) is 0 Å². The molecule has 0 amide bonds. The van der Waals surface area contributed by atoms with Crippen molar-refractivity contribution < 1.29 is 9.90 Å². The lowest BCUT2D eigenvalue weighted by atomic mass is 10.2. The second-order valence-electron chi connectivity index (χ2n) is 3.06. The molecule has 0 bridgehead atoms. The van der Waals surface area contributed by atoms with E-state index in [0.29, 0.717) is 5.56 Å². The Morgan fingerprint density at radius 3 is 2.65 bits per heavy atom. The molecule has 1 aromatic carbocycles. The molecule has 0 aliphatic carbocycles. The molecule has 0 saturated carbocycles. The molecule has 86 valence electrons. The molecule has 0 radical (unpaired) electrons. The molecule has 2 heterocycles. The summed E-state index contributed by atoms with van der Waals surface area (Å²) in [6.45, 7) is 0. The molecule has 0 fully saturated rings. The average molecular weight is 247 g/mol. The summed E-state index contributed by atoms with van der Waals surface area (Å²) in [7, 11) is 0. The van der Waals surface area contributed by atoms with Crippen molar-refractivity contribution in [2.75, 3.05) is 0 Å². The van der Waals surface area contributed by atoms with Crippen molar-refractivity contribution in [2.45, 2.75) is 0 Å². The first-order valence-electron chi connectivity index (χ1n) is 4.78. The number of benzene rings is 1. The first kappa shape index (κ1) is 11.3. The third-order valence-electron chi connectivity index (χ3n) is 1.94. The molecule has 0 atom stereocenters. The van der Waals surface area contributed by atoms with Gasteiger partial charge in [0.2, 0.25) is 4.96 Å². The molecule has 0 unspecified atom stereocenters. The van der Waals surface area contributed by atoms with Gasteiger partial charge in [0.25, 0.3) is 0 Å². The summed E-state index contributed by atoms with van der Waals surface area (Å²) in [4.78, 5) is 15.1. The monoisotopic (exact) mass is 247 g/mol. The van der Waals surface area contributed by atoms with Crippen LogP contribution in [0.4, 0.5) is 0 Å². The highest BCUT2D eigenvalue weighted by Crippen LogP contribution is 2.02. The SMILES string of the molecule is O=C(O)c1ccccc1.c1cn2ncsc2n1. The van der Waals surface area contributed by atoms with Crippen molar-refractivity contribution in [3.05, 3.63) is 53.8 Å². The average Bonchev–Trinajstić information content (AvgIpc) is 2.93. The van der Waals surface area contributed by atoms with Gasteiger partial charge in [-0.05, 0) is 12.1 Å². The summed E-state index contributed by atoms with van der Waals surface area (Å²) in [6, 6.07) is 8.30. The van der Waals surface area contributed by atoms with Crippen LogP contribution in [0.1, 0.15) is 10.4 Å². The molecule has 0 saturated heterocycles. The number of imidazole rings is 1. The summed E-state index contributed by atoms with van der Waals surface area (Å²) in [6.07, 6.45) is 3.56. The normalized spacial score (nSPS) is 9.65. The van der Waals surface area contributed by atoms with Crippen molar-refractivity contribution in [3.63, 3.8) is 0 Å². The Kier molecular flexibility index (Phi) is 3.46. The molecule has 0 aliphatic rings. The Balaban J connectivity index is 0.000000127. The van der Waals surface area contributed by atoms with Gasteiger partial charge < -0.3 is 5.11 Å². The first-order valence-corrected chi connectivity index (χ1v) is 5.66. The number of carbonyl (C=O) groups is 1. The van der Waals surface area contributed by atoms with E-state index < -0.39 is 5.97 Å². The summed E-state index contributed by atoms with van der Waals surface area (Å²) < 4.78 is 1.74. The van der Waals surface area contributed by atoms with E-state index in [0.717, 1.165) is 4.96 Å². The van der Waals surface area contributed by atoms with Crippen LogP contribution in [-0.4, -0.2) is 25.7 Å². The third kappa shape index (κ3) is 2.88. The van der Waals surface area contributed by atoms with E-state index in [1.807, 2.05) is 6.20 Å². The summed E-state index contributed by atoms with van der Waals surface area (Å²) in [5.41, 5.74) is 2.10. The van der Waals surface area contributed by atoms with Gasteiger partial charge in [0.15, 0.2) is 0 Å². The zero-order valence-corrected chi connectivity index (χ0v) is 9.54. The molecule has 2 aromatic heterocycles. The molecular weight excluding hydrogens is 238 g/mol. The molecule has 0 spiro atoms. The number of carboxylic acids is 1. The van der Waals surface area contributed by atoms with Gasteiger partial charge in [0.1, 0.15) is 5.51 Å². The Morgan fingerprint density at radius 2 is 2.06 bits per heavy atom. The van der Waals surface area contributed by atoms with Crippen LogP contribution in [0.3, 0.4) is 0 Å². The fourth-order valence-corrected chi connectivity index (χ4v) is 1.74. The Bertz CT molecular complexity index is 552. The lowest BCUT2D eigenvalue weighted by molar-refractivity contribution is 0.0697. The second-order valence-corrected chi connectivity index (χ2v) is 3.88. The van der Waals surface area contributed by atoms with Crippen LogP contribution < -0.4 is 0 Å². The Morgan fingerprint density at radius 1 is 1.29 bits per heavy atom. The van der Waals surface area contributed by atoms with Gasteiger partial charge in [-0.15, -0.1) is 0 Å².